The molecule has 0 saturated heterocycles. The van der Waals surface area contributed by atoms with Gasteiger partial charge in [-0.3, -0.25) is 0 Å². The van der Waals surface area contributed by atoms with Gasteiger partial charge in [0.1, 0.15) is 11.5 Å². The molecule has 5 aromatic carbocycles. The normalized spacial score (nSPS) is 11.5. The molecule has 5 aromatic rings. The minimum Gasteiger partial charge on any atom is -0.494 e. The lowest BCUT2D eigenvalue weighted by Gasteiger charge is -2.10. The highest BCUT2D eigenvalue weighted by Crippen LogP contribution is 2.29. The molecule has 0 bridgehead atoms. The predicted octanol–water partition coefficient (Wildman–Crippen LogP) is 10.0. The highest BCUT2D eigenvalue weighted by molar-refractivity contribution is 5.99. The molecule has 0 aliphatic carbocycles. The van der Waals surface area contributed by atoms with Crippen LogP contribution in [-0.2, 0) is 19.1 Å². The summed E-state index contributed by atoms with van der Waals surface area (Å²) in [4.78, 5) is 36.1. The number of carbonyl (C=O) groups is 3. The largest absolute Gasteiger partial charge is 0.494 e. The van der Waals surface area contributed by atoms with Crippen LogP contribution in [0.15, 0.2) is 150 Å². The van der Waals surface area contributed by atoms with Gasteiger partial charge in [-0.05, 0) is 122 Å². The van der Waals surface area contributed by atoms with Crippen LogP contribution in [-0.4, -0.2) is 49.7 Å². The van der Waals surface area contributed by atoms with Gasteiger partial charge in [-0.15, -0.1) is 0 Å². The van der Waals surface area contributed by atoms with Crippen molar-refractivity contribution in [2.24, 2.45) is 10.2 Å². The maximum absolute atomic E-state index is 12.5. The third kappa shape index (κ3) is 14.3. The molecule has 0 radical (unpaired) electrons. The first kappa shape index (κ1) is 42.8. The van der Waals surface area contributed by atoms with Gasteiger partial charge in [-0.1, -0.05) is 84.9 Å². The third-order valence-corrected chi connectivity index (χ3v) is 8.60. The Kier molecular flexibility index (Phi) is 16.3. The van der Waals surface area contributed by atoms with Gasteiger partial charge < -0.3 is 23.7 Å². The summed E-state index contributed by atoms with van der Waals surface area (Å²) in [7, 11) is 0. The molecule has 0 fully saturated rings. The molecule has 5 rings (SSSR count). The van der Waals surface area contributed by atoms with Gasteiger partial charge in [0, 0.05) is 18.2 Å². The molecular formula is C49H46N2O8. The molecule has 0 amide bonds. The lowest BCUT2D eigenvalue weighted by molar-refractivity contribution is -0.138. The van der Waals surface area contributed by atoms with E-state index in [4.69, 9.17) is 23.7 Å². The molecule has 10 heteroatoms. The zero-order chi connectivity index (χ0) is 41.8. The fourth-order valence-corrected chi connectivity index (χ4v) is 5.42. The van der Waals surface area contributed by atoms with E-state index < -0.39 is 17.9 Å². The lowest BCUT2D eigenvalue weighted by Crippen LogP contribution is -2.06. The molecule has 0 heterocycles. The van der Waals surface area contributed by atoms with E-state index in [0.29, 0.717) is 49.2 Å². The molecular weight excluding hydrogens is 745 g/mol. The zero-order valence-corrected chi connectivity index (χ0v) is 33.3. The van der Waals surface area contributed by atoms with Crippen molar-refractivity contribution >= 4 is 42.0 Å². The molecule has 0 aliphatic heterocycles. The van der Waals surface area contributed by atoms with Gasteiger partial charge in [0.25, 0.3) is 0 Å². The number of nitrogens with zero attached hydrogens (tertiary/aromatic N) is 2. The van der Waals surface area contributed by atoms with Crippen LogP contribution < -0.4 is 18.9 Å². The van der Waals surface area contributed by atoms with Crippen LogP contribution in [0.2, 0.25) is 0 Å². The summed E-state index contributed by atoms with van der Waals surface area (Å²) in [5.74, 6) is 0.442. The van der Waals surface area contributed by atoms with E-state index in [1.807, 2.05) is 106 Å². The molecule has 0 spiro atoms. The SMILES string of the molecule is C=CC(=O)OCCCCOc1ccc(/C=C/C(=O)Oc2ccc(-c3ccc(/C(C)=N/N=C/c4ccc(OC(=O)/C=C/c5ccc(C)cc5)c(OCC)c4)cc3)cc2)cc1. The second-order valence-electron chi connectivity index (χ2n) is 13.1. The second-order valence-corrected chi connectivity index (χ2v) is 13.1. The van der Waals surface area contributed by atoms with Crippen LogP contribution in [0.1, 0.15) is 54.5 Å². The van der Waals surface area contributed by atoms with Crippen molar-refractivity contribution < 1.29 is 38.1 Å². The minimum atomic E-state index is -0.509. The van der Waals surface area contributed by atoms with Crippen LogP contribution in [0, 0.1) is 6.92 Å². The van der Waals surface area contributed by atoms with Crippen molar-refractivity contribution in [3.63, 3.8) is 0 Å². The molecule has 0 N–H and O–H groups in total. The topological polar surface area (TPSA) is 122 Å². The Hall–Kier alpha value is -7.33. The monoisotopic (exact) mass is 790 g/mol. The number of esters is 3. The lowest BCUT2D eigenvalue weighted by atomic mass is 10.0. The Balaban J connectivity index is 1.08. The summed E-state index contributed by atoms with van der Waals surface area (Å²) in [6.07, 6.45) is 10.3. The van der Waals surface area contributed by atoms with Crippen molar-refractivity contribution in [2.45, 2.75) is 33.6 Å². The van der Waals surface area contributed by atoms with Crippen LogP contribution >= 0.6 is 0 Å². The molecule has 0 aromatic heterocycles. The van der Waals surface area contributed by atoms with Gasteiger partial charge in [-0.25, -0.2) is 14.4 Å². The maximum atomic E-state index is 12.5. The van der Waals surface area contributed by atoms with E-state index in [9.17, 15) is 14.4 Å². The third-order valence-electron chi connectivity index (χ3n) is 8.60. The molecule has 0 atom stereocenters. The maximum Gasteiger partial charge on any atom is 0.336 e. The van der Waals surface area contributed by atoms with E-state index in [1.165, 1.54) is 12.2 Å². The first-order valence-electron chi connectivity index (χ1n) is 19.1. The number of aryl methyl sites for hydroxylation is 1. The average molecular weight is 791 g/mol. The van der Waals surface area contributed by atoms with Crippen molar-refractivity contribution in [3.05, 3.63) is 168 Å². The number of ether oxygens (including phenoxy) is 5. The molecule has 0 aliphatic rings. The highest BCUT2D eigenvalue weighted by atomic mass is 16.6. The highest BCUT2D eigenvalue weighted by Gasteiger charge is 2.10. The average Bonchev–Trinajstić information content (AvgIpc) is 3.25. The number of rotatable bonds is 19. The summed E-state index contributed by atoms with van der Waals surface area (Å²) >= 11 is 0. The number of unbranched alkanes of at least 4 members (excludes halogenated alkanes) is 1. The Bertz CT molecular complexity index is 2310. The number of hydrogen-bond acceptors (Lipinski definition) is 10. The first-order valence-corrected chi connectivity index (χ1v) is 19.1. The fraction of sp³-hybridized carbons (Fsp3) is 0.163. The minimum absolute atomic E-state index is 0.313. The summed E-state index contributed by atoms with van der Waals surface area (Å²) < 4.78 is 27.4. The van der Waals surface area contributed by atoms with Gasteiger partial charge in [0.15, 0.2) is 11.5 Å². The Morgan fingerprint density at radius 2 is 1.20 bits per heavy atom. The van der Waals surface area contributed by atoms with E-state index >= 15 is 0 Å². The van der Waals surface area contributed by atoms with Crippen molar-refractivity contribution in [1.82, 2.24) is 0 Å². The molecule has 0 unspecified atom stereocenters. The zero-order valence-electron chi connectivity index (χ0n) is 33.3. The number of benzene rings is 5. The smallest absolute Gasteiger partial charge is 0.336 e. The van der Waals surface area contributed by atoms with Crippen molar-refractivity contribution in [2.75, 3.05) is 19.8 Å². The molecule has 10 nitrogen and oxygen atoms in total. The van der Waals surface area contributed by atoms with Gasteiger partial charge in [0.05, 0.1) is 31.7 Å². The second kappa shape index (κ2) is 22.4. The van der Waals surface area contributed by atoms with Crippen LogP contribution in [0.4, 0.5) is 0 Å². The van der Waals surface area contributed by atoms with Gasteiger partial charge in [-0.2, -0.15) is 10.2 Å². The standard InChI is InChI=1S/C49H46N2O8/c1-5-47(52)57-32-8-7-31-56-43-24-13-38(14-25-43)16-29-48(53)58-44-26-22-42(23-27-44)41-20-18-40(19-21-41)36(4)51-50-34-39-15-28-45(46(33-39)55-6-2)59-49(54)30-17-37-11-9-35(3)10-12-37/h5,9-30,33-34H,1,6-8,31-32H2,2-4H3/b29-16+,30-17+,50-34+,51-36+. The van der Waals surface area contributed by atoms with Crippen molar-refractivity contribution in [1.29, 1.82) is 0 Å². The van der Waals surface area contributed by atoms with Crippen LogP contribution in [0.25, 0.3) is 23.3 Å². The van der Waals surface area contributed by atoms with Crippen LogP contribution in [0.5, 0.6) is 23.0 Å². The Morgan fingerprint density at radius 3 is 1.85 bits per heavy atom. The van der Waals surface area contributed by atoms with Crippen LogP contribution in [0.3, 0.4) is 0 Å². The fourth-order valence-electron chi connectivity index (χ4n) is 5.42. The van der Waals surface area contributed by atoms with E-state index in [2.05, 4.69) is 16.8 Å². The Labute approximate surface area is 344 Å². The van der Waals surface area contributed by atoms with Gasteiger partial charge in [0.2, 0.25) is 0 Å². The summed E-state index contributed by atoms with van der Waals surface area (Å²) in [6.45, 7) is 10.3. The predicted molar refractivity (Wildman–Crippen MR) is 232 cm³/mol. The van der Waals surface area contributed by atoms with Gasteiger partial charge >= 0.3 is 17.9 Å². The molecule has 0 saturated carbocycles. The van der Waals surface area contributed by atoms with Crippen molar-refractivity contribution in [3.8, 4) is 34.1 Å². The summed E-state index contributed by atoms with van der Waals surface area (Å²) in [5.41, 5.74) is 7.16. The molecule has 300 valence electrons. The number of hydrogen-bond donors (Lipinski definition) is 0. The van der Waals surface area contributed by atoms with E-state index in [1.54, 1.807) is 48.7 Å². The van der Waals surface area contributed by atoms with E-state index in [-0.39, 0.29) is 0 Å². The van der Waals surface area contributed by atoms with E-state index in [0.717, 1.165) is 57.2 Å². The number of carbonyl (C=O) groups excluding carboxylic acids is 3. The summed E-state index contributed by atoms with van der Waals surface area (Å²) in [6, 6.07) is 35.6. The first-order chi connectivity index (χ1) is 28.7. The summed E-state index contributed by atoms with van der Waals surface area (Å²) in [5, 5.41) is 8.65. The Morgan fingerprint density at radius 1 is 0.627 bits per heavy atom. The quantitative estimate of drug-likeness (QED) is 0.0202. The molecule has 59 heavy (non-hydrogen) atoms.